The van der Waals surface area contributed by atoms with Crippen LogP contribution in [0.5, 0.6) is 5.75 Å². The lowest BCUT2D eigenvalue weighted by molar-refractivity contribution is 0.518. The highest BCUT2D eigenvalue weighted by molar-refractivity contribution is 9.11. The summed E-state index contributed by atoms with van der Waals surface area (Å²) in [5, 5.41) is 5.87. The molecule has 0 atom stereocenters. The lowest BCUT2D eigenvalue weighted by Crippen LogP contribution is -2.31. The Hall–Kier alpha value is -3.49. The van der Waals surface area contributed by atoms with Crippen LogP contribution in [0.1, 0.15) is 28.7 Å². The normalized spacial score (nSPS) is 14.1. The number of nitrogens with zero attached hydrogens (tertiary/aromatic N) is 1. The van der Waals surface area contributed by atoms with Crippen molar-refractivity contribution in [1.29, 1.82) is 0 Å². The second kappa shape index (κ2) is 12.8. The van der Waals surface area contributed by atoms with Crippen molar-refractivity contribution in [1.82, 2.24) is 5.32 Å². The molecule has 0 saturated heterocycles. The lowest BCUT2D eigenvalue weighted by atomic mass is 9.80. The van der Waals surface area contributed by atoms with Gasteiger partial charge < -0.3 is 10.1 Å². The van der Waals surface area contributed by atoms with Gasteiger partial charge in [-0.15, -0.1) is 0 Å². The predicted molar refractivity (Wildman–Crippen MR) is 209 cm³/mol. The first-order valence-electron chi connectivity index (χ1n) is 15.3. The summed E-state index contributed by atoms with van der Waals surface area (Å²) in [7, 11) is 0. The van der Waals surface area contributed by atoms with Crippen LogP contribution in [-0.2, 0) is 0 Å². The first kappa shape index (κ1) is 30.8. The molecule has 1 N–H and O–H groups in total. The Labute approximate surface area is 307 Å². The number of halogens is 4. The summed E-state index contributed by atoms with van der Waals surface area (Å²) in [6.45, 7) is 1.61. The highest BCUT2D eigenvalue weighted by Gasteiger charge is 2.33. The molecular formula is C40H26Br4N2O. The van der Waals surface area contributed by atoms with Gasteiger partial charge in [0.25, 0.3) is 0 Å². The van der Waals surface area contributed by atoms with Crippen LogP contribution in [0.4, 0.5) is 0 Å². The summed E-state index contributed by atoms with van der Waals surface area (Å²) in [6, 6.07) is 40.7. The summed E-state index contributed by atoms with van der Waals surface area (Å²) in [5.41, 5.74) is 9.71. The molecule has 0 aromatic heterocycles. The second-order valence-electron chi connectivity index (χ2n) is 11.5. The second-order valence-corrected chi connectivity index (χ2v) is 15.2. The molecule has 6 aromatic rings. The first-order chi connectivity index (χ1) is 23.0. The van der Waals surface area contributed by atoms with Gasteiger partial charge in [0.2, 0.25) is 0 Å². The average molecular weight is 870 g/mol. The van der Waals surface area contributed by atoms with Gasteiger partial charge in [0, 0.05) is 53.1 Å². The van der Waals surface area contributed by atoms with Crippen molar-refractivity contribution in [2.75, 3.05) is 13.1 Å². The third-order valence-corrected chi connectivity index (χ3v) is 10.7. The van der Waals surface area contributed by atoms with E-state index < -0.39 is 0 Å². The van der Waals surface area contributed by atoms with Crippen molar-refractivity contribution >= 4 is 91.7 Å². The first-order valence-corrected chi connectivity index (χ1v) is 18.5. The molecule has 0 amide bonds. The Morgan fingerprint density at radius 1 is 0.553 bits per heavy atom. The van der Waals surface area contributed by atoms with Gasteiger partial charge in [-0.05, 0) is 88.2 Å². The molecule has 230 valence electrons. The molecule has 0 radical (unpaired) electrons. The molecular weight excluding hydrogens is 844 g/mol. The number of hydrogen-bond acceptors (Lipinski definition) is 3. The number of rotatable bonds is 5. The van der Waals surface area contributed by atoms with Crippen molar-refractivity contribution in [3.8, 4) is 28.0 Å². The van der Waals surface area contributed by atoms with E-state index in [9.17, 15) is 0 Å². The van der Waals surface area contributed by atoms with Gasteiger partial charge in [0.1, 0.15) is 17.3 Å². The van der Waals surface area contributed by atoms with Crippen LogP contribution in [0.15, 0.2) is 138 Å². The molecule has 2 heterocycles. The quantitative estimate of drug-likeness (QED) is 0.187. The topological polar surface area (TPSA) is 33.6 Å². The SMILES string of the molecule is Brc1ccc(C2=C(c3ccc(Br)cc3)c3cccc4c(-c5ccc(Br)cc5)c(-c5ccc(Br)cc5)c(C5=NCCCN5)c(c34)O2)cc1. The van der Waals surface area contributed by atoms with Crippen LogP contribution in [0.3, 0.4) is 0 Å². The number of nitrogens with one attached hydrogen (secondary N) is 1. The van der Waals surface area contributed by atoms with Crippen molar-refractivity contribution in [3.63, 3.8) is 0 Å². The van der Waals surface area contributed by atoms with Gasteiger partial charge in [-0.2, -0.15) is 0 Å². The zero-order valence-electron chi connectivity index (χ0n) is 25.0. The fourth-order valence-corrected chi connectivity index (χ4v) is 7.60. The molecule has 2 aliphatic rings. The standard InChI is InChI=1S/C40H26Br4N2O/c41-27-13-5-23(6-14-27)33-31-3-1-4-32-34(24-7-15-28(42)16-8-24)38(26-11-19-30(44)20-12-26)47-39(36(31)32)37(40-45-21-2-22-46-40)35(33)25-9-17-29(43)18-10-25/h1,3-20H,2,21-22H2,(H,45,46). The van der Waals surface area contributed by atoms with Gasteiger partial charge in [-0.3, -0.25) is 4.99 Å². The van der Waals surface area contributed by atoms with E-state index in [2.05, 4.69) is 184 Å². The molecule has 6 aromatic carbocycles. The van der Waals surface area contributed by atoms with E-state index in [-0.39, 0.29) is 0 Å². The van der Waals surface area contributed by atoms with Gasteiger partial charge in [-0.25, -0.2) is 0 Å². The summed E-state index contributed by atoms with van der Waals surface area (Å²) in [6.07, 6.45) is 0.990. The highest BCUT2D eigenvalue weighted by Crippen LogP contribution is 2.53. The molecule has 0 bridgehead atoms. The zero-order chi connectivity index (χ0) is 32.1. The van der Waals surface area contributed by atoms with Gasteiger partial charge >= 0.3 is 0 Å². The minimum atomic E-state index is 0.758. The van der Waals surface area contributed by atoms with E-state index in [0.29, 0.717) is 0 Å². The van der Waals surface area contributed by atoms with E-state index in [1.807, 2.05) is 0 Å². The molecule has 8 rings (SSSR count). The van der Waals surface area contributed by atoms with Crippen molar-refractivity contribution in [3.05, 3.63) is 155 Å². The molecule has 2 aliphatic heterocycles. The Bertz CT molecular complexity index is 2220. The minimum Gasteiger partial charge on any atom is -0.455 e. The summed E-state index contributed by atoms with van der Waals surface area (Å²) in [5.74, 6) is 2.50. The average Bonchev–Trinajstić information content (AvgIpc) is 3.10. The molecule has 3 nitrogen and oxygen atoms in total. The zero-order valence-corrected chi connectivity index (χ0v) is 31.3. The number of amidine groups is 1. The van der Waals surface area contributed by atoms with E-state index in [4.69, 9.17) is 9.73 Å². The Balaban J connectivity index is 1.55. The lowest BCUT2D eigenvalue weighted by Gasteiger charge is -2.31. The van der Waals surface area contributed by atoms with E-state index in [1.54, 1.807) is 0 Å². The third-order valence-electron chi connectivity index (χ3n) is 8.63. The molecule has 7 heteroatoms. The highest BCUT2D eigenvalue weighted by atomic mass is 79.9. The number of aliphatic imine (C=N–C) groups is 1. The van der Waals surface area contributed by atoms with Crippen LogP contribution >= 0.6 is 63.7 Å². The van der Waals surface area contributed by atoms with Gasteiger partial charge in [0.05, 0.1) is 5.56 Å². The van der Waals surface area contributed by atoms with Crippen LogP contribution in [0.25, 0.3) is 44.4 Å². The largest absolute Gasteiger partial charge is 0.455 e. The Morgan fingerprint density at radius 2 is 1.09 bits per heavy atom. The van der Waals surface area contributed by atoms with Crippen LogP contribution < -0.4 is 10.1 Å². The Kier molecular flexibility index (Phi) is 8.42. The fourth-order valence-electron chi connectivity index (χ4n) is 6.54. The molecule has 0 fully saturated rings. The van der Waals surface area contributed by atoms with E-state index in [1.165, 1.54) is 0 Å². The third kappa shape index (κ3) is 5.71. The Morgan fingerprint density at radius 3 is 1.64 bits per heavy atom. The smallest absolute Gasteiger partial charge is 0.147 e. The molecule has 47 heavy (non-hydrogen) atoms. The minimum absolute atomic E-state index is 0.758. The molecule has 0 spiro atoms. The predicted octanol–water partition coefficient (Wildman–Crippen LogP) is 12.3. The molecule has 0 aliphatic carbocycles. The van der Waals surface area contributed by atoms with Crippen molar-refractivity contribution < 1.29 is 4.74 Å². The summed E-state index contributed by atoms with van der Waals surface area (Å²) in [4.78, 5) is 5.10. The number of benzene rings is 6. The molecule has 0 unspecified atom stereocenters. The van der Waals surface area contributed by atoms with Crippen molar-refractivity contribution in [2.45, 2.75) is 6.42 Å². The van der Waals surface area contributed by atoms with Crippen LogP contribution in [0, 0.1) is 0 Å². The monoisotopic (exact) mass is 866 g/mol. The van der Waals surface area contributed by atoms with Crippen LogP contribution in [-0.4, -0.2) is 18.9 Å². The van der Waals surface area contributed by atoms with Crippen molar-refractivity contribution in [2.24, 2.45) is 4.99 Å². The summed E-state index contributed by atoms with van der Waals surface area (Å²) < 4.78 is 11.4. The van der Waals surface area contributed by atoms with E-state index >= 15 is 0 Å². The van der Waals surface area contributed by atoms with Gasteiger partial charge in [0.15, 0.2) is 0 Å². The maximum atomic E-state index is 7.32. The summed E-state index contributed by atoms with van der Waals surface area (Å²) >= 11 is 14.6. The van der Waals surface area contributed by atoms with E-state index in [0.717, 1.165) is 116 Å². The maximum Gasteiger partial charge on any atom is 0.147 e. The number of hydrogen-bond donors (Lipinski definition) is 1. The fraction of sp³-hybridized carbons (Fsp3) is 0.0750. The van der Waals surface area contributed by atoms with Crippen LogP contribution in [0.2, 0.25) is 0 Å². The maximum absolute atomic E-state index is 7.32. The van der Waals surface area contributed by atoms with Gasteiger partial charge in [-0.1, -0.05) is 130 Å². The molecule has 0 saturated carbocycles. The number of ether oxygens (including phenoxy) is 1.